The van der Waals surface area contributed by atoms with Crippen molar-refractivity contribution in [1.82, 2.24) is 5.32 Å². The minimum Gasteiger partial charge on any atom is -0.492 e. The van der Waals surface area contributed by atoms with E-state index in [0.717, 1.165) is 17.9 Å². The Balaban J connectivity index is 2.14. The molecular formula is C16H16Cl3NO. The second-order valence-corrected chi connectivity index (χ2v) is 5.74. The van der Waals surface area contributed by atoms with E-state index >= 15 is 0 Å². The first-order valence-electron chi connectivity index (χ1n) is 6.67. The number of hydrogen-bond acceptors (Lipinski definition) is 2. The minimum atomic E-state index is -0.0415. The number of nitrogens with one attached hydrogen (secondary N) is 1. The Morgan fingerprint density at radius 1 is 1.10 bits per heavy atom. The summed E-state index contributed by atoms with van der Waals surface area (Å²) in [5.41, 5.74) is 0.924. The van der Waals surface area contributed by atoms with E-state index in [1.165, 1.54) is 0 Å². The third-order valence-corrected chi connectivity index (χ3v) is 4.09. The highest BCUT2D eigenvalue weighted by Gasteiger charge is 2.16. The molecule has 1 N–H and O–H groups in total. The van der Waals surface area contributed by atoms with Crippen molar-refractivity contribution in [1.29, 1.82) is 0 Å². The van der Waals surface area contributed by atoms with Gasteiger partial charge in [-0.05, 0) is 36.4 Å². The fourth-order valence-electron chi connectivity index (χ4n) is 2.03. The van der Waals surface area contributed by atoms with Crippen LogP contribution in [0.1, 0.15) is 18.5 Å². The Bertz CT molecular complexity index is 604. The van der Waals surface area contributed by atoms with E-state index in [9.17, 15) is 0 Å². The van der Waals surface area contributed by atoms with Gasteiger partial charge in [-0.25, -0.2) is 0 Å². The standard InChI is InChI=1S/C16H16Cl3NO/c1-2-20-15(13-7-4-8-14(18)16(13)19)10-21-12-6-3-5-11(17)9-12/h3-9,15,20H,2,10H2,1H3. The molecule has 0 aliphatic rings. The molecule has 0 heterocycles. The molecule has 5 heteroatoms. The van der Waals surface area contributed by atoms with E-state index in [-0.39, 0.29) is 6.04 Å². The maximum atomic E-state index is 6.28. The Labute approximate surface area is 140 Å². The van der Waals surface area contributed by atoms with Crippen LogP contribution in [0.25, 0.3) is 0 Å². The van der Waals surface area contributed by atoms with Gasteiger partial charge in [0, 0.05) is 5.02 Å². The molecule has 0 amide bonds. The maximum absolute atomic E-state index is 6.28. The fraction of sp³-hybridized carbons (Fsp3) is 0.250. The van der Waals surface area contributed by atoms with Gasteiger partial charge in [-0.2, -0.15) is 0 Å². The Hall–Kier alpha value is -0.930. The molecule has 1 unspecified atom stereocenters. The molecule has 1 atom stereocenters. The van der Waals surface area contributed by atoms with Crippen LogP contribution in [0.4, 0.5) is 0 Å². The zero-order chi connectivity index (χ0) is 15.2. The number of rotatable bonds is 6. The van der Waals surface area contributed by atoms with Crippen molar-refractivity contribution in [3.63, 3.8) is 0 Å². The van der Waals surface area contributed by atoms with Gasteiger partial charge in [-0.1, -0.05) is 59.9 Å². The van der Waals surface area contributed by atoms with Gasteiger partial charge in [0.25, 0.3) is 0 Å². The summed E-state index contributed by atoms with van der Waals surface area (Å²) in [7, 11) is 0. The van der Waals surface area contributed by atoms with Crippen molar-refractivity contribution in [2.75, 3.05) is 13.2 Å². The van der Waals surface area contributed by atoms with Gasteiger partial charge in [-0.3, -0.25) is 0 Å². The summed E-state index contributed by atoms with van der Waals surface area (Å²) < 4.78 is 5.80. The van der Waals surface area contributed by atoms with Gasteiger partial charge < -0.3 is 10.1 Å². The van der Waals surface area contributed by atoms with Crippen LogP contribution in [-0.4, -0.2) is 13.2 Å². The molecule has 0 radical (unpaired) electrons. The van der Waals surface area contributed by atoms with Crippen molar-refractivity contribution in [3.05, 3.63) is 63.1 Å². The molecule has 2 rings (SSSR count). The molecule has 21 heavy (non-hydrogen) atoms. The molecule has 0 aromatic heterocycles. The van der Waals surface area contributed by atoms with E-state index in [4.69, 9.17) is 39.5 Å². The summed E-state index contributed by atoms with van der Waals surface area (Å²) in [6.45, 7) is 3.27. The first-order valence-corrected chi connectivity index (χ1v) is 7.81. The van der Waals surface area contributed by atoms with Crippen molar-refractivity contribution >= 4 is 34.8 Å². The summed E-state index contributed by atoms with van der Waals surface area (Å²) in [6.07, 6.45) is 0. The number of benzene rings is 2. The quantitative estimate of drug-likeness (QED) is 0.760. The number of ether oxygens (including phenoxy) is 1. The average molecular weight is 345 g/mol. The lowest BCUT2D eigenvalue weighted by Crippen LogP contribution is -2.27. The van der Waals surface area contributed by atoms with Crippen molar-refractivity contribution in [2.45, 2.75) is 13.0 Å². The first-order chi connectivity index (χ1) is 10.1. The molecule has 2 aromatic carbocycles. The zero-order valence-corrected chi connectivity index (χ0v) is 13.8. The van der Waals surface area contributed by atoms with Gasteiger partial charge in [0.05, 0.1) is 16.1 Å². The van der Waals surface area contributed by atoms with Crippen LogP contribution in [0.2, 0.25) is 15.1 Å². The highest BCUT2D eigenvalue weighted by Crippen LogP contribution is 2.30. The molecule has 112 valence electrons. The van der Waals surface area contributed by atoms with E-state index in [1.54, 1.807) is 12.1 Å². The second kappa shape index (κ2) is 7.90. The molecule has 0 saturated heterocycles. The molecule has 0 bridgehead atoms. The Morgan fingerprint density at radius 3 is 2.57 bits per heavy atom. The van der Waals surface area contributed by atoms with Crippen LogP contribution in [0, 0.1) is 0 Å². The van der Waals surface area contributed by atoms with E-state index in [1.807, 2.05) is 37.3 Å². The van der Waals surface area contributed by atoms with Gasteiger partial charge in [0.1, 0.15) is 12.4 Å². The SMILES string of the molecule is CCNC(COc1cccc(Cl)c1)c1cccc(Cl)c1Cl. The summed E-state index contributed by atoms with van der Waals surface area (Å²) in [6, 6.07) is 12.9. The lowest BCUT2D eigenvalue weighted by atomic mass is 10.1. The molecule has 0 spiro atoms. The normalized spacial score (nSPS) is 12.2. The number of halogens is 3. The first kappa shape index (κ1) is 16.4. The van der Waals surface area contributed by atoms with Crippen LogP contribution >= 0.6 is 34.8 Å². The molecule has 0 fully saturated rings. The monoisotopic (exact) mass is 343 g/mol. The van der Waals surface area contributed by atoms with Crippen LogP contribution in [0.5, 0.6) is 5.75 Å². The molecule has 0 aliphatic heterocycles. The Morgan fingerprint density at radius 2 is 1.86 bits per heavy atom. The molecule has 2 aromatic rings. The van der Waals surface area contributed by atoms with Gasteiger partial charge in [-0.15, -0.1) is 0 Å². The van der Waals surface area contributed by atoms with Gasteiger partial charge in [0.2, 0.25) is 0 Å². The Kier molecular flexibility index (Phi) is 6.19. The summed E-state index contributed by atoms with van der Waals surface area (Å²) in [4.78, 5) is 0. The average Bonchev–Trinajstić information content (AvgIpc) is 2.47. The predicted octanol–water partition coefficient (Wildman–Crippen LogP) is 5.38. The molecular weight excluding hydrogens is 329 g/mol. The third-order valence-electron chi connectivity index (χ3n) is 3.02. The summed E-state index contributed by atoms with van der Waals surface area (Å²) in [5.74, 6) is 0.726. The highest BCUT2D eigenvalue weighted by molar-refractivity contribution is 6.42. The lowest BCUT2D eigenvalue weighted by Gasteiger charge is -2.20. The fourth-order valence-corrected chi connectivity index (χ4v) is 2.65. The summed E-state index contributed by atoms with van der Waals surface area (Å²) in [5, 5.41) is 5.09. The smallest absolute Gasteiger partial charge is 0.120 e. The lowest BCUT2D eigenvalue weighted by molar-refractivity contribution is 0.268. The van der Waals surface area contributed by atoms with Crippen LogP contribution in [0.15, 0.2) is 42.5 Å². The van der Waals surface area contributed by atoms with E-state index in [2.05, 4.69) is 5.32 Å². The maximum Gasteiger partial charge on any atom is 0.120 e. The van der Waals surface area contributed by atoms with Crippen molar-refractivity contribution < 1.29 is 4.74 Å². The largest absolute Gasteiger partial charge is 0.492 e. The highest BCUT2D eigenvalue weighted by atomic mass is 35.5. The van der Waals surface area contributed by atoms with Crippen molar-refractivity contribution in [2.24, 2.45) is 0 Å². The van der Waals surface area contributed by atoms with Gasteiger partial charge >= 0.3 is 0 Å². The number of likely N-dealkylation sites (N-methyl/N-ethyl adjacent to an activating group) is 1. The zero-order valence-electron chi connectivity index (χ0n) is 11.6. The van der Waals surface area contributed by atoms with Crippen molar-refractivity contribution in [3.8, 4) is 5.75 Å². The predicted molar refractivity (Wildman–Crippen MR) is 89.8 cm³/mol. The van der Waals surface area contributed by atoms with Crippen LogP contribution in [-0.2, 0) is 0 Å². The second-order valence-electron chi connectivity index (χ2n) is 4.52. The third kappa shape index (κ3) is 4.52. The topological polar surface area (TPSA) is 21.3 Å². The molecule has 2 nitrogen and oxygen atoms in total. The molecule has 0 aliphatic carbocycles. The van der Waals surface area contributed by atoms with Gasteiger partial charge in [0.15, 0.2) is 0 Å². The van der Waals surface area contributed by atoms with Crippen LogP contribution in [0.3, 0.4) is 0 Å². The van der Waals surface area contributed by atoms with Crippen LogP contribution < -0.4 is 10.1 Å². The minimum absolute atomic E-state index is 0.0415. The number of hydrogen-bond donors (Lipinski definition) is 1. The summed E-state index contributed by atoms with van der Waals surface area (Å²) >= 11 is 18.3. The van der Waals surface area contributed by atoms with E-state index in [0.29, 0.717) is 21.7 Å². The molecule has 0 saturated carbocycles. The van der Waals surface area contributed by atoms with E-state index < -0.39 is 0 Å².